The topological polar surface area (TPSA) is 55.9 Å². The monoisotopic (exact) mass is 264 g/mol. The van der Waals surface area contributed by atoms with Gasteiger partial charge in [-0.05, 0) is 17.5 Å². The van der Waals surface area contributed by atoms with E-state index in [1.54, 1.807) is 10.9 Å². The number of rotatable bonds is 4. The van der Waals surface area contributed by atoms with Crippen molar-refractivity contribution < 1.29 is 0 Å². The van der Waals surface area contributed by atoms with Crippen LogP contribution in [0, 0.1) is 0 Å². The first-order valence-electron chi connectivity index (χ1n) is 5.89. The van der Waals surface area contributed by atoms with Crippen LogP contribution >= 0.6 is 11.6 Å². The highest BCUT2D eigenvalue weighted by Gasteiger charge is 2.19. The molecule has 0 saturated heterocycles. The summed E-state index contributed by atoms with van der Waals surface area (Å²) in [6.45, 7) is 2.13. The third-order valence-corrected chi connectivity index (χ3v) is 3.39. The molecule has 0 aliphatic carbocycles. The van der Waals surface area contributed by atoms with Crippen molar-refractivity contribution in [3.05, 3.63) is 52.3 Å². The van der Waals surface area contributed by atoms with E-state index in [-0.39, 0.29) is 6.04 Å². The molecule has 2 aromatic rings. The van der Waals surface area contributed by atoms with Crippen LogP contribution in [-0.2, 0) is 13.5 Å². The van der Waals surface area contributed by atoms with Gasteiger partial charge in [-0.3, -0.25) is 10.5 Å². The quantitative estimate of drug-likeness (QED) is 0.657. The molecule has 2 rings (SSSR count). The van der Waals surface area contributed by atoms with E-state index in [1.165, 1.54) is 5.56 Å². The van der Waals surface area contributed by atoms with Crippen LogP contribution in [0.3, 0.4) is 0 Å². The molecule has 96 valence electrons. The number of aromatic nitrogens is 2. The van der Waals surface area contributed by atoms with E-state index in [0.29, 0.717) is 5.02 Å². The molecule has 1 aromatic carbocycles. The van der Waals surface area contributed by atoms with Crippen molar-refractivity contribution in [3.8, 4) is 0 Å². The molecule has 0 aliphatic rings. The van der Waals surface area contributed by atoms with Gasteiger partial charge in [0, 0.05) is 7.05 Å². The van der Waals surface area contributed by atoms with Crippen molar-refractivity contribution in [2.24, 2.45) is 12.9 Å². The summed E-state index contributed by atoms with van der Waals surface area (Å²) in [7, 11) is 1.85. The van der Waals surface area contributed by atoms with Gasteiger partial charge < -0.3 is 0 Å². The largest absolute Gasteiger partial charge is 0.271 e. The third kappa shape index (κ3) is 2.41. The molecule has 1 aromatic heterocycles. The van der Waals surface area contributed by atoms with Gasteiger partial charge in [-0.1, -0.05) is 42.8 Å². The molecule has 1 atom stereocenters. The van der Waals surface area contributed by atoms with Gasteiger partial charge in [0.2, 0.25) is 0 Å². The maximum atomic E-state index is 6.15. The molecule has 1 unspecified atom stereocenters. The smallest absolute Gasteiger partial charge is 0.0893 e. The fourth-order valence-electron chi connectivity index (χ4n) is 2.02. The average Bonchev–Trinajstić information content (AvgIpc) is 2.72. The van der Waals surface area contributed by atoms with Gasteiger partial charge in [-0.2, -0.15) is 5.10 Å². The summed E-state index contributed by atoms with van der Waals surface area (Å²) < 4.78 is 1.74. The third-order valence-electron chi connectivity index (χ3n) is 3.10. The number of nitrogens with one attached hydrogen (secondary N) is 1. The molecule has 0 amide bonds. The van der Waals surface area contributed by atoms with Crippen molar-refractivity contribution in [2.45, 2.75) is 19.4 Å². The van der Waals surface area contributed by atoms with Crippen LogP contribution in [0.25, 0.3) is 0 Å². The lowest BCUT2D eigenvalue weighted by atomic mass is 10.0. The van der Waals surface area contributed by atoms with Gasteiger partial charge in [-0.25, -0.2) is 5.43 Å². The van der Waals surface area contributed by atoms with Crippen LogP contribution in [0.1, 0.15) is 29.8 Å². The summed E-state index contributed by atoms with van der Waals surface area (Å²) in [6, 6.07) is 8.17. The van der Waals surface area contributed by atoms with E-state index in [9.17, 15) is 0 Å². The minimum atomic E-state index is -0.157. The summed E-state index contributed by atoms with van der Waals surface area (Å²) >= 11 is 6.15. The lowest BCUT2D eigenvalue weighted by Gasteiger charge is -2.17. The molecule has 5 heteroatoms. The zero-order valence-electron chi connectivity index (χ0n) is 10.5. The second kappa shape index (κ2) is 5.52. The summed E-state index contributed by atoms with van der Waals surface area (Å²) in [4.78, 5) is 0. The molecule has 1 heterocycles. The lowest BCUT2D eigenvalue weighted by molar-refractivity contribution is 0.575. The summed E-state index contributed by atoms with van der Waals surface area (Å²) in [5, 5.41) is 4.74. The molecule has 3 N–H and O–H groups in total. The number of aryl methyl sites for hydroxylation is 2. The molecule has 0 saturated carbocycles. The van der Waals surface area contributed by atoms with Gasteiger partial charge in [0.1, 0.15) is 0 Å². The van der Waals surface area contributed by atoms with E-state index in [0.717, 1.165) is 17.7 Å². The fraction of sp³-hybridized carbons (Fsp3) is 0.308. The van der Waals surface area contributed by atoms with E-state index in [2.05, 4.69) is 41.7 Å². The Kier molecular flexibility index (Phi) is 4.01. The number of hydrogen-bond acceptors (Lipinski definition) is 3. The molecule has 18 heavy (non-hydrogen) atoms. The van der Waals surface area contributed by atoms with Crippen molar-refractivity contribution in [1.29, 1.82) is 0 Å². The van der Waals surface area contributed by atoms with Crippen molar-refractivity contribution in [2.75, 3.05) is 0 Å². The normalized spacial score (nSPS) is 12.7. The highest BCUT2D eigenvalue weighted by molar-refractivity contribution is 6.31. The standard InChI is InChI=1S/C13H17ClN4/c1-3-9-4-6-10(7-5-9)12(17-15)13-11(14)8-16-18(13)2/h4-8,12,17H,3,15H2,1-2H3. The molecular weight excluding hydrogens is 248 g/mol. The van der Waals surface area contributed by atoms with Gasteiger partial charge >= 0.3 is 0 Å². The highest BCUT2D eigenvalue weighted by Crippen LogP contribution is 2.27. The van der Waals surface area contributed by atoms with E-state index in [4.69, 9.17) is 17.4 Å². The fourth-order valence-corrected chi connectivity index (χ4v) is 2.30. The first-order valence-corrected chi connectivity index (χ1v) is 6.27. The van der Waals surface area contributed by atoms with Gasteiger partial charge in [0.25, 0.3) is 0 Å². The number of benzene rings is 1. The minimum absolute atomic E-state index is 0.157. The molecule has 0 fully saturated rings. The van der Waals surface area contributed by atoms with Gasteiger partial charge in [-0.15, -0.1) is 0 Å². The lowest BCUT2D eigenvalue weighted by Crippen LogP contribution is -2.30. The Labute approximate surface area is 112 Å². The SMILES string of the molecule is CCc1ccc(C(NN)c2c(Cl)cnn2C)cc1. The maximum Gasteiger partial charge on any atom is 0.0893 e. The predicted molar refractivity (Wildman–Crippen MR) is 73.2 cm³/mol. The summed E-state index contributed by atoms with van der Waals surface area (Å²) in [5.74, 6) is 5.65. The second-order valence-corrected chi connectivity index (χ2v) is 4.60. The molecular formula is C13H17ClN4. The maximum absolute atomic E-state index is 6.15. The van der Waals surface area contributed by atoms with Crippen molar-refractivity contribution >= 4 is 11.6 Å². The zero-order valence-corrected chi connectivity index (χ0v) is 11.3. The van der Waals surface area contributed by atoms with Crippen LogP contribution in [-0.4, -0.2) is 9.78 Å². The van der Waals surface area contributed by atoms with Crippen LogP contribution in [0.15, 0.2) is 30.5 Å². The van der Waals surface area contributed by atoms with Crippen LogP contribution in [0.4, 0.5) is 0 Å². The summed E-state index contributed by atoms with van der Waals surface area (Å²) in [6.07, 6.45) is 2.65. The number of halogens is 1. The number of hydrazine groups is 1. The van der Waals surface area contributed by atoms with Crippen LogP contribution in [0.5, 0.6) is 0 Å². The van der Waals surface area contributed by atoms with Gasteiger partial charge in [0.15, 0.2) is 0 Å². The predicted octanol–water partition coefficient (Wildman–Crippen LogP) is 2.19. The Morgan fingerprint density at radius 1 is 1.39 bits per heavy atom. The second-order valence-electron chi connectivity index (χ2n) is 4.20. The van der Waals surface area contributed by atoms with E-state index < -0.39 is 0 Å². The van der Waals surface area contributed by atoms with Crippen LogP contribution < -0.4 is 11.3 Å². The molecule has 4 nitrogen and oxygen atoms in total. The Bertz CT molecular complexity index is 499. The number of nitrogens with two attached hydrogens (primary N) is 1. The van der Waals surface area contributed by atoms with E-state index >= 15 is 0 Å². The molecule has 0 aliphatic heterocycles. The Balaban J connectivity index is 2.39. The van der Waals surface area contributed by atoms with Crippen LogP contribution in [0.2, 0.25) is 5.02 Å². The Morgan fingerprint density at radius 3 is 2.50 bits per heavy atom. The minimum Gasteiger partial charge on any atom is -0.271 e. The Hall–Kier alpha value is -1.36. The average molecular weight is 265 g/mol. The first-order chi connectivity index (χ1) is 8.67. The molecule has 0 spiro atoms. The zero-order chi connectivity index (χ0) is 13.1. The highest BCUT2D eigenvalue weighted by atomic mass is 35.5. The first kappa shape index (κ1) is 13.1. The van der Waals surface area contributed by atoms with E-state index in [1.807, 2.05) is 7.05 Å². The number of hydrogen-bond donors (Lipinski definition) is 2. The Morgan fingerprint density at radius 2 is 2.06 bits per heavy atom. The molecule has 0 radical (unpaired) electrons. The summed E-state index contributed by atoms with van der Waals surface area (Å²) in [5.41, 5.74) is 6.03. The van der Waals surface area contributed by atoms with Crippen molar-refractivity contribution in [1.82, 2.24) is 15.2 Å². The molecule has 0 bridgehead atoms. The van der Waals surface area contributed by atoms with Crippen molar-refractivity contribution in [3.63, 3.8) is 0 Å². The van der Waals surface area contributed by atoms with Gasteiger partial charge in [0.05, 0.1) is 23.0 Å². The number of nitrogens with zero attached hydrogens (tertiary/aromatic N) is 2.